The number of rotatable bonds is 3. The van der Waals surface area contributed by atoms with Gasteiger partial charge in [0, 0.05) is 12.2 Å². The number of fused-ring (bicyclic) bond motifs is 2. The Morgan fingerprint density at radius 3 is 3.00 bits per heavy atom. The van der Waals surface area contributed by atoms with Crippen LogP contribution in [-0.2, 0) is 11.2 Å². The summed E-state index contributed by atoms with van der Waals surface area (Å²) in [4.78, 5) is 28.5. The fourth-order valence-electron chi connectivity index (χ4n) is 3.16. The van der Waals surface area contributed by atoms with E-state index in [9.17, 15) is 4.79 Å². The largest absolute Gasteiger partial charge is 0.377 e. The van der Waals surface area contributed by atoms with Crippen molar-refractivity contribution >= 4 is 39.1 Å². The van der Waals surface area contributed by atoms with E-state index in [1.54, 1.807) is 0 Å². The third-order valence-corrected chi connectivity index (χ3v) is 5.45. The summed E-state index contributed by atoms with van der Waals surface area (Å²) in [7, 11) is 0. The lowest BCUT2D eigenvalue weighted by Gasteiger charge is -2.26. The first kappa shape index (κ1) is 14.7. The number of hydrogen-bond acceptors (Lipinski definition) is 7. The zero-order chi connectivity index (χ0) is 16.8. The van der Waals surface area contributed by atoms with Crippen molar-refractivity contribution in [3.63, 3.8) is 0 Å². The van der Waals surface area contributed by atoms with Crippen molar-refractivity contribution < 1.29 is 9.53 Å². The number of hydrogen-bond donors (Lipinski definition) is 1. The average Bonchev–Trinajstić information content (AvgIpc) is 3.21. The van der Waals surface area contributed by atoms with E-state index in [1.807, 2.05) is 12.1 Å². The molecule has 25 heavy (non-hydrogen) atoms. The predicted octanol–water partition coefficient (Wildman–Crippen LogP) is 1.91. The molecule has 0 saturated carbocycles. The third kappa shape index (κ3) is 2.45. The van der Waals surface area contributed by atoms with E-state index in [0.717, 1.165) is 29.3 Å². The zero-order valence-corrected chi connectivity index (χ0v) is 14.1. The number of nitrogens with zero attached hydrogens (tertiary/aromatic N) is 4. The van der Waals surface area contributed by atoms with Crippen molar-refractivity contribution in [3.8, 4) is 0 Å². The van der Waals surface area contributed by atoms with Gasteiger partial charge in [-0.2, -0.15) is 0 Å². The Kier molecular flexibility index (Phi) is 3.39. The number of anilines is 2. The van der Waals surface area contributed by atoms with Crippen LogP contribution in [-0.4, -0.2) is 46.7 Å². The number of carbonyl (C=O) groups is 1. The van der Waals surface area contributed by atoms with Crippen LogP contribution in [0.1, 0.15) is 15.4 Å². The van der Waals surface area contributed by atoms with Crippen LogP contribution in [0.5, 0.6) is 0 Å². The van der Waals surface area contributed by atoms with E-state index >= 15 is 0 Å². The first-order valence-corrected chi connectivity index (χ1v) is 8.97. The van der Waals surface area contributed by atoms with E-state index in [1.165, 1.54) is 23.2 Å². The highest BCUT2D eigenvalue weighted by atomic mass is 32.1. The summed E-state index contributed by atoms with van der Waals surface area (Å²) >= 11 is 1.29. The zero-order valence-electron chi connectivity index (χ0n) is 13.3. The molecule has 0 spiro atoms. The van der Waals surface area contributed by atoms with Crippen molar-refractivity contribution in [2.75, 3.05) is 24.7 Å². The molecule has 5 rings (SSSR count). The Morgan fingerprint density at radius 2 is 2.16 bits per heavy atom. The molecule has 126 valence electrons. The minimum atomic E-state index is -0.177. The Labute approximate surface area is 147 Å². The van der Waals surface area contributed by atoms with Gasteiger partial charge in [0.15, 0.2) is 10.8 Å². The quantitative estimate of drug-likeness (QED) is 0.775. The smallest absolute Gasteiger partial charge is 0.280 e. The van der Waals surface area contributed by atoms with Crippen LogP contribution in [0, 0.1) is 0 Å². The summed E-state index contributed by atoms with van der Waals surface area (Å²) < 4.78 is 5.09. The SMILES string of the molecule is O=C(NC1COC1)c1nc2c(N3CCc4ccccc43)ncnc2s1. The molecule has 0 unspecified atom stereocenters. The van der Waals surface area contributed by atoms with Crippen LogP contribution in [0.4, 0.5) is 11.5 Å². The lowest BCUT2D eigenvalue weighted by atomic mass is 10.2. The van der Waals surface area contributed by atoms with Gasteiger partial charge < -0.3 is 15.0 Å². The fourth-order valence-corrected chi connectivity index (χ4v) is 3.97. The van der Waals surface area contributed by atoms with Gasteiger partial charge in [0.1, 0.15) is 16.7 Å². The van der Waals surface area contributed by atoms with E-state index in [0.29, 0.717) is 23.7 Å². The van der Waals surface area contributed by atoms with Crippen molar-refractivity contribution in [2.45, 2.75) is 12.5 Å². The van der Waals surface area contributed by atoms with E-state index in [2.05, 4.69) is 37.3 Å². The molecule has 4 heterocycles. The van der Waals surface area contributed by atoms with Crippen LogP contribution in [0.3, 0.4) is 0 Å². The van der Waals surface area contributed by atoms with Crippen molar-refractivity contribution in [2.24, 2.45) is 0 Å². The molecule has 3 aromatic rings. The van der Waals surface area contributed by atoms with Gasteiger partial charge in [-0.25, -0.2) is 15.0 Å². The first-order chi connectivity index (χ1) is 12.3. The topological polar surface area (TPSA) is 80.2 Å². The molecule has 8 heteroatoms. The van der Waals surface area contributed by atoms with Gasteiger partial charge in [0.05, 0.1) is 19.3 Å². The average molecular weight is 353 g/mol. The van der Waals surface area contributed by atoms with E-state index in [-0.39, 0.29) is 11.9 Å². The van der Waals surface area contributed by atoms with Gasteiger partial charge in [-0.05, 0) is 18.1 Å². The number of aromatic nitrogens is 3. The highest BCUT2D eigenvalue weighted by molar-refractivity contribution is 7.19. The Morgan fingerprint density at radius 1 is 1.28 bits per heavy atom. The predicted molar refractivity (Wildman–Crippen MR) is 94.4 cm³/mol. The van der Waals surface area contributed by atoms with Gasteiger partial charge in [0.25, 0.3) is 5.91 Å². The number of para-hydroxylation sites is 1. The van der Waals surface area contributed by atoms with Crippen LogP contribution >= 0.6 is 11.3 Å². The highest BCUT2D eigenvalue weighted by Crippen LogP contribution is 2.37. The van der Waals surface area contributed by atoms with Gasteiger partial charge >= 0.3 is 0 Å². The van der Waals surface area contributed by atoms with Crippen molar-refractivity contribution in [3.05, 3.63) is 41.2 Å². The summed E-state index contributed by atoms with van der Waals surface area (Å²) in [5.74, 6) is 0.585. The number of carbonyl (C=O) groups excluding carboxylic acids is 1. The van der Waals surface area contributed by atoms with Crippen LogP contribution in [0.25, 0.3) is 10.3 Å². The maximum absolute atomic E-state index is 12.4. The maximum Gasteiger partial charge on any atom is 0.280 e. The Balaban J connectivity index is 1.53. The summed E-state index contributed by atoms with van der Waals surface area (Å²) in [5.41, 5.74) is 3.12. The molecule has 1 fully saturated rings. The standard InChI is InChI=1S/C17H15N5O2S/c23-15(20-11-7-24-8-11)17-21-13-14(18-9-19-16(13)25-17)22-6-5-10-3-1-2-4-12(10)22/h1-4,9,11H,5-8H2,(H,20,23). The molecule has 2 aliphatic rings. The number of thiazole rings is 1. The van der Waals surface area contributed by atoms with Crippen LogP contribution < -0.4 is 10.2 Å². The second kappa shape index (κ2) is 5.75. The van der Waals surface area contributed by atoms with Gasteiger partial charge in [0.2, 0.25) is 0 Å². The molecule has 7 nitrogen and oxygen atoms in total. The summed E-state index contributed by atoms with van der Waals surface area (Å²) in [5, 5.41) is 3.33. The number of nitrogens with one attached hydrogen (secondary N) is 1. The number of ether oxygens (including phenoxy) is 1. The minimum Gasteiger partial charge on any atom is -0.377 e. The second-order valence-electron chi connectivity index (χ2n) is 6.11. The normalized spacial score (nSPS) is 16.7. The highest BCUT2D eigenvalue weighted by Gasteiger charge is 2.26. The van der Waals surface area contributed by atoms with Crippen molar-refractivity contribution in [1.82, 2.24) is 20.3 Å². The van der Waals surface area contributed by atoms with Gasteiger partial charge in [-0.3, -0.25) is 4.79 Å². The molecule has 0 bridgehead atoms. The molecule has 1 aromatic carbocycles. The van der Waals surface area contributed by atoms with Crippen LogP contribution in [0.2, 0.25) is 0 Å². The molecular formula is C17H15N5O2S. The van der Waals surface area contributed by atoms with Gasteiger partial charge in [-0.15, -0.1) is 0 Å². The molecule has 0 radical (unpaired) electrons. The van der Waals surface area contributed by atoms with Crippen LogP contribution in [0.15, 0.2) is 30.6 Å². The second-order valence-corrected chi connectivity index (χ2v) is 7.09. The lowest BCUT2D eigenvalue weighted by Crippen LogP contribution is -2.48. The Hall–Kier alpha value is -2.58. The summed E-state index contributed by atoms with van der Waals surface area (Å²) in [6.07, 6.45) is 2.51. The van der Waals surface area contributed by atoms with Gasteiger partial charge in [-0.1, -0.05) is 29.5 Å². The monoisotopic (exact) mass is 353 g/mol. The molecule has 0 aliphatic carbocycles. The number of amides is 1. The molecule has 1 saturated heterocycles. The molecular weight excluding hydrogens is 338 g/mol. The molecule has 2 aliphatic heterocycles. The van der Waals surface area contributed by atoms with E-state index in [4.69, 9.17) is 4.74 Å². The first-order valence-electron chi connectivity index (χ1n) is 8.15. The minimum absolute atomic E-state index is 0.0792. The van der Waals surface area contributed by atoms with Crippen molar-refractivity contribution in [1.29, 1.82) is 0 Å². The lowest BCUT2D eigenvalue weighted by molar-refractivity contribution is -0.00346. The molecule has 2 aromatic heterocycles. The summed E-state index contributed by atoms with van der Waals surface area (Å²) in [6.45, 7) is 1.97. The summed E-state index contributed by atoms with van der Waals surface area (Å²) in [6, 6.07) is 8.38. The third-order valence-electron chi connectivity index (χ3n) is 4.49. The molecule has 1 N–H and O–H groups in total. The van der Waals surface area contributed by atoms with E-state index < -0.39 is 0 Å². The number of benzene rings is 1. The Bertz CT molecular complexity index is 969. The molecule has 1 amide bonds. The fraction of sp³-hybridized carbons (Fsp3) is 0.294. The molecule has 0 atom stereocenters. The maximum atomic E-state index is 12.4.